The fourth-order valence-corrected chi connectivity index (χ4v) is 2.28. The average Bonchev–Trinajstić information content (AvgIpc) is 2.81. The van der Waals surface area contributed by atoms with Crippen LogP contribution in [0.5, 0.6) is 0 Å². The molecule has 1 amide bonds. The molecular weight excluding hydrogens is 260 g/mol. The quantitative estimate of drug-likeness (QED) is 0.929. The molecule has 2 heterocycles. The Morgan fingerprint density at radius 2 is 2.26 bits per heavy atom. The smallest absolute Gasteiger partial charge is 0.253 e. The lowest BCUT2D eigenvalue weighted by Gasteiger charge is -2.11. The SMILES string of the molecule is Cc1csc(CNc2cc(C(=O)N(C)C)ccn2)n1. The van der Waals surface area contributed by atoms with Gasteiger partial charge in [-0.25, -0.2) is 9.97 Å². The topological polar surface area (TPSA) is 58.1 Å². The molecule has 0 spiro atoms. The summed E-state index contributed by atoms with van der Waals surface area (Å²) in [6.07, 6.45) is 1.63. The first-order valence-electron chi connectivity index (χ1n) is 5.89. The number of amides is 1. The summed E-state index contributed by atoms with van der Waals surface area (Å²) in [7, 11) is 3.46. The van der Waals surface area contributed by atoms with Crippen LogP contribution in [0.4, 0.5) is 5.82 Å². The molecule has 0 saturated carbocycles. The zero-order valence-electron chi connectivity index (χ0n) is 11.2. The van der Waals surface area contributed by atoms with E-state index in [1.807, 2.05) is 12.3 Å². The van der Waals surface area contributed by atoms with Gasteiger partial charge in [-0.2, -0.15) is 0 Å². The number of thiazole rings is 1. The van der Waals surface area contributed by atoms with Crippen molar-refractivity contribution in [3.05, 3.63) is 40.0 Å². The van der Waals surface area contributed by atoms with E-state index in [2.05, 4.69) is 15.3 Å². The highest BCUT2D eigenvalue weighted by molar-refractivity contribution is 7.09. The minimum Gasteiger partial charge on any atom is -0.364 e. The van der Waals surface area contributed by atoms with Crippen molar-refractivity contribution in [1.29, 1.82) is 0 Å². The van der Waals surface area contributed by atoms with Crippen molar-refractivity contribution >= 4 is 23.1 Å². The minimum atomic E-state index is -0.0319. The third-order valence-corrected chi connectivity index (χ3v) is 3.47. The highest BCUT2D eigenvalue weighted by Crippen LogP contribution is 2.13. The molecule has 0 atom stereocenters. The maximum atomic E-state index is 11.8. The Morgan fingerprint density at radius 1 is 1.47 bits per heavy atom. The van der Waals surface area contributed by atoms with Crippen LogP contribution in [0, 0.1) is 6.92 Å². The summed E-state index contributed by atoms with van der Waals surface area (Å²) in [4.78, 5) is 21.9. The molecule has 0 aliphatic heterocycles. The maximum absolute atomic E-state index is 11.8. The minimum absolute atomic E-state index is 0.0319. The third kappa shape index (κ3) is 3.51. The Kier molecular flexibility index (Phi) is 4.11. The van der Waals surface area contributed by atoms with E-state index >= 15 is 0 Å². The van der Waals surface area contributed by atoms with Gasteiger partial charge in [0, 0.05) is 36.9 Å². The summed E-state index contributed by atoms with van der Waals surface area (Å²) in [5.41, 5.74) is 1.64. The van der Waals surface area contributed by atoms with Crippen LogP contribution >= 0.6 is 11.3 Å². The number of rotatable bonds is 4. The van der Waals surface area contributed by atoms with Gasteiger partial charge in [0.2, 0.25) is 0 Å². The number of aromatic nitrogens is 2. The van der Waals surface area contributed by atoms with E-state index in [1.165, 1.54) is 0 Å². The van der Waals surface area contributed by atoms with E-state index in [-0.39, 0.29) is 5.91 Å². The lowest BCUT2D eigenvalue weighted by atomic mass is 10.2. The second kappa shape index (κ2) is 5.79. The van der Waals surface area contributed by atoms with E-state index < -0.39 is 0 Å². The summed E-state index contributed by atoms with van der Waals surface area (Å²) in [5, 5.41) is 6.19. The number of carbonyl (C=O) groups is 1. The molecule has 6 heteroatoms. The third-order valence-electron chi connectivity index (χ3n) is 2.50. The van der Waals surface area contributed by atoms with Crippen LogP contribution in [0.2, 0.25) is 0 Å². The predicted molar refractivity (Wildman–Crippen MR) is 76.4 cm³/mol. The van der Waals surface area contributed by atoms with E-state index in [9.17, 15) is 4.79 Å². The molecule has 0 aliphatic rings. The van der Waals surface area contributed by atoms with Gasteiger partial charge < -0.3 is 10.2 Å². The molecule has 0 radical (unpaired) electrons. The van der Waals surface area contributed by atoms with Crippen molar-refractivity contribution in [2.24, 2.45) is 0 Å². The second-order valence-corrected chi connectivity index (χ2v) is 5.31. The Hall–Kier alpha value is -1.95. The van der Waals surface area contributed by atoms with Crippen LogP contribution in [0.1, 0.15) is 21.1 Å². The summed E-state index contributed by atoms with van der Waals surface area (Å²) in [6, 6.07) is 3.46. The normalized spacial score (nSPS) is 10.3. The fourth-order valence-electron chi connectivity index (χ4n) is 1.57. The first kappa shape index (κ1) is 13.5. The number of aryl methyl sites for hydroxylation is 1. The van der Waals surface area contributed by atoms with Gasteiger partial charge in [0.05, 0.1) is 6.54 Å². The van der Waals surface area contributed by atoms with Crippen LogP contribution in [0.3, 0.4) is 0 Å². The van der Waals surface area contributed by atoms with Crippen molar-refractivity contribution < 1.29 is 4.79 Å². The van der Waals surface area contributed by atoms with E-state index in [0.29, 0.717) is 17.9 Å². The van der Waals surface area contributed by atoms with Gasteiger partial charge in [0.15, 0.2) is 0 Å². The fraction of sp³-hybridized carbons (Fsp3) is 0.308. The molecule has 1 N–H and O–H groups in total. The highest BCUT2D eigenvalue weighted by atomic mass is 32.1. The lowest BCUT2D eigenvalue weighted by Crippen LogP contribution is -2.21. The highest BCUT2D eigenvalue weighted by Gasteiger charge is 2.08. The van der Waals surface area contributed by atoms with Gasteiger partial charge in [0.1, 0.15) is 10.8 Å². The molecule has 0 bridgehead atoms. The standard InChI is InChI=1S/C13H16N4OS/c1-9-8-19-12(16-9)7-15-11-6-10(4-5-14-11)13(18)17(2)3/h4-6,8H,7H2,1-3H3,(H,14,15). The van der Waals surface area contributed by atoms with E-state index in [0.717, 1.165) is 10.7 Å². The number of hydrogen-bond acceptors (Lipinski definition) is 5. The van der Waals surface area contributed by atoms with Crippen LogP contribution in [0.25, 0.3) is 0 Å². The van der Waals surface area contributed by atoms with Crippen LogP contribution in [-0.2, 0) is 6.54 Å². The molecule has 100 valence electrons. The van der Waals surface area contributed by atoms with Crippen molar-refractivity contribution in [2.45, 2.75) is 13.5 Å². The molecule has 0 unspecified atom stereocenters. The van der Waals surface area contributed by atoms with Gasteiger partial charge in [-0.15, -0.1) is 11.3 Å². The van der Waals surface area contributed by atoms with Gasteiger partial charge in [-0.1, -0.05) is 0 Å². The first-order valence-corrected chi connectivity index (χ1v) is 6.77. The monoisotopic (exact) mass is 276 g/mol. The largest absolute Gasteiger partial charge is 0.364 e. The van der Waals surface area contributed by atoms with Crippen molar-refractivity contribution in [3.63, 3.8) is 0 Å². The van der Waals surface area contributed by atoms with Crippen LogP contribution in [-0.4, -0.2) is 34.9 Å². The Morgan fingerprint density at radius 3 is 2.89 bits per heavy atom. The molecule has 0 saturated heterocycles. The van der Waals surface area contributed by atoms with E-state index in [4.69, 9.17) is 0 Å². The molecule has 2 aromatic heterocycles. The zero-order chi connectivity index (χ0) is 13.8. The summed E-state index contributed by atoms with van der Waals surface area (Å²) >= 11 is 1.61. The van der Waals surface area contributed by atoms with Gasteiger partial charge in [0.25, 0.3) is 5.91 Å². The zero-order valence-corrected chi connectivity index (χ0v) is 12.0. The Bertz CT molecular complexity index is 580. The number of pyridine rings is 1. The Labute approximate surface area is 116 Å². The van der Waals surface area contributed by atoms with Crippen LogP contribution < -0.4 is 5.32 Å². The molecule has 2 rings (SSSR count). The van der Waals surface area contributed by atoms with Gasteiger partial charge in [-0.3, -0.25) is 4.79 Å². The van der Waals surface area contributed by atoms with Crippen molar-refractivity contribution in [3.8, 4) is 0 Å². The number of carbonyl (C=O) groups excluding carboxylic acids is 1. The van der Waals surface area contributed by atoms with Crippen LogP contribution in [0.15, 0.2) is 23.7 Å². The van der Waals surface area contributed by atoms with Crippen molar-refractivity contribution in [1.82, 2.24) is 14.9 Å². The number of hydrogen-bond donors (Lipinski definition) is 1. The van der Waals surface area contributed by atoms with Crippen molar-refractivity contribution in [2.75, 3.05) is 19.4 Å². The molecule has 2 aromatic rings. The van der Waals surface area contributed by atoms with Gasteiger partial charge in [-0.05, 0) is 19.1 Å². The lowest BCUT2D eigenvalue weighted by molar-refractivity contribution is 0.0827. The summed E-state index contributed by atoms with van der Waals surface area (Å²) in [5.74, 6) is 0.649. The Balaban J connectivity index is 2.05. The number of nitrogens with one attached hydrogen (secondary N) is 1. The molecule has 19 heavy (non-hydrogen) atoms. The average molecular weight is 276 g/mol. The van der Waals surface area contributed by atoms with Gasteiger partial charge >= 0.3 is 0 Å². The number of anilines is 1. The molecular formula is C13H16N4OS. The predicted octanol–water partition coefficient (Wildman–Crippen LogP) is 2.16. The molecule has 0 aliphatic carbocycles. The second-order valence-electron chi connectivity index (χ2n) is 4.37. The maximum Gasteiger partial charge on any atom is 0.253 e. The molecule has 0 fully saturated rings. The summed E-state index contributed by atoms with van der Waals surface area (Å²) in [6.45, 7) is 2.58. The first-order chi connectivity index (χ1) is 9.06. The number of nitrogens with zero attached hydrogens (tertiary/aromatic N) is 3. The summed E-state index contributed by atoms with van der Waals surface area (Å²) < 4.78 is 0. The molecule has 0 aromatic carbocycles. The molecule has 5 nitrogen and oxygen atoms in total. The van der Waals surface area contributed by atoms with E-state index in [1.54, 1.807) is 48.7 Å².